The van der Waals surface area contributed by atoms with Gasteiger partial charge < -0.3 is 0 Å². The van der Waals surface area contributed by atoms with Gasteiger partial charge in [-0.15, -0.1) is 11.8 Å². The normalized spacial score (nSPS) is 14.2. The van der Waals surface area contributed by atoms with Crippen molar-refractivity contribution < 1.29 is 0 Å². The third-order valence-electron chi connectivity index (χ3n) is 3.47. The first-order valence-electron chi connectivity index (χ1n) is 6.08. The smallest absolute Gasteiger partial charge is 0.0178 e. The molecule has 0 amide bonds. The van der Waals surface area contributed by atoms with Crippen molar-refractivity contribution in [3.05, 3.63) is 29.8 Å². The number of thioether (sulfide) groups is 1. The molecule has 1 unspecified atom stereocenters. The van der Waals surface area contributed by atoms with Crippen molar-refractivity contribution in [2.24, 2.45) is 11.8 Å². The van der Waals surface area contributed by atoms with E-state index in [0.29, 0.717) is 10.7 Å². The minimum Gasteiger partial charge on any atom is -0.120 e. The molecule has 0 saturated heterocycles. The molecular formula is C15H24S. The Hall–Kier alpha value is -0.430. The Labute approximate surface area is 105 Å². The van der Waals surface area contributed by atoms with E-state index in [1.807, 2.05) is 11.8 Å². The number of benzene rings is 1. The standard InChI is InChI=1S/C15H24S/c1-11(2)13(4)15(5,6)16-14-9-7-8-12(3)10-14/h7-11,13H,1-6H3. The van der Waals surface area contributed by atoms with Crippen molar-refractivity contribution in [1.82, 2.24) is 0 Å². The highest BCUT2D eigenvalue weighted by Gasteiger charge is 2.29. The maximum Gasteiger partial charge on any atom is 0.0178 e. The van der Waals surface area contributed by atoms with Crippen LogP contribution in [0.2, 0.25) is 0 Å². The number of aryl methyl sites for hydroxylation is 1. The van der Waals surface area contributed by atoms with Crippen molar-refractivity contribution >= 4 is 11.8 Å². The van der Waals surface area contributed by atoms with Gasteiger partial charge in [0.15, 0.2) is 0 Å². The van der Waals surface area contributed by atoms with Crippen molar-refractivity contribution in [3.63, 3.8) is 0 Å². The molecule has 0 aliphatic rings. The molecule has 1 heteroatoms. The van der Waals surface area contributed by atoms with Crippen LogP contribution in [-0.2, 0) is 0 Å². The van der Waals surface area contributed by atoms with Crippen molar-refractivity contribution in [3.8, 4) is 0 Å². The first-order valence-corrected chi connectivity index (χ1v) is 6.90. The lowest BCUT2D eigenvalue weighted by molar-refractivity contribution is 0.346. The lowest BCUT2D eigenvalue weighted by Crippen LogP contribution is -2.28. The summed E-state index contributed by atoms with van der Waals surface area (Å²) in [7, 11) is 0. The van der Waals surface area contributed by atoms with Crippen LogP contribution in [0.3, 0.4) is 0 Å². The third-order valence-corrected chi connectivity index (χ3v) is 4.85. The Morgan fingerprint density at radius 1 is 1.12 bits per heavy atom. The van der Waals surface area contributed by atoms with Gasteiger partial charge in [0.2, 0.25) is 0 Å². The van der Waals surface area contributed by atoms with Crippen LogP contribution in [0.15, 0.2) is 29.2 Å². The van der Waals surface area contributed by atoms with Crippen LogP contribution < -0.4 is 0 Å². The van der Waals surface area contributed by atoms with Gasteiger partial charge in [0.05, 0.1) is 0 Å². The summed E-state index contributed by atoms with van der Waals surface area (Å²) >= 11 is 2.00. The number of rotatable bonds is 4. The molecule has 0 nitrogen and oxygen atoms in total. The van der Waals surface area contributed by atoms with E-state index in [9.17, 15) is 0 Å². The summed E-state index contributed by atoms with van der Waals surface area (Å²) in [6, 6.07) is 8.79. The van der Waals surface area contributed by atoms with Crippen molar-refractivity contribution in [2.75, 3.05) is 0 Å². The molecule has 0 aliphatic heterocycles. The van der Waals surface area contributed by atoms with E-state index in [-0.39, 0.29) is 0 Å². The second-order valence-corrected chi connectivity index (χ2v) is 7.28. The van der Waals surface area contributed by atoms with Gasteiger partial charge in [0, 0.05) is 9.64 Å². The van der Waals surface area contributed by atoms with E-state index >= 15 is 0 Å². The molecule has 0 N–H and O–H groups in total. The molecule has 0 bridgehead atoms. The van der Waals surface area contributed by atoms with Crippen LogP contribution in [0, 0.1) is 18.8 Å². The number of hydrogen-bond acceptors (Lipinski definition) is 1. The van der Waals surface area contributed by atoms with Gasteiger partial charge in [0.25, 0.3) is 0 Å². The molecule has 0 saturated carbocycles. The molecule has 1 aromatic carbocycles. The van der Waals surface area contributed by atoms with E-state index in [2.05, 4.69) is 65.8 Å². The van der Waals surface area contributed by atoms with Crippen LogP contribution >= 0.6 is 11.8 Å². The Morgan fingerprint density at radius 2 is 1.75 bits per heavy atom. The van der Waals surface area contributed by atoms with Crippen molar-refractivity contribution in [2.45, 2.75) is 51.2 Å². The van der Waals surface area contributed by atoms with Crippen LogP contribution in [0.1, 0.15) is 40.2 Å². The highest BCUT2D eigenvalue weighted by atomic mass is 32.2. The Bertz CT molecular complexity index is 339. The second-order valence-electron chi connectivity index (χ2n) is 5.55. The molecule has 90 valence electrons. The quantitative estimate of drug-likeness (QED) is 0.651. The van der Waals surface area contributed by atoms with Gasteiger partial charge in [-0.1, -0.05) is 52.3 Å². The molecule has 0 radical (unpaired) electrons. The minimum atomic E-state index is 0.294. The summed E-state index contributed by atoms with van der Waals surface area (Å²) in [6.45, 7) is 13.8. The molecule has 0 aliphatic carbocycles. The fraction of sp³-hybridized carbons (Fsp3) is 0.600. The first-order chi connectivity index (χ1) is 7.33. The second kappa shape index (κ2) is 5.27. The van der Waals surface area contributed by atoms with Gasteiger partial charge in [-0.25, -0.2) is 0 Å². The summed E-state index contributed by atoms with van der Waals surface area (Å²) in [4.78, 5) is 1.39. The molecule has 0 heterocycles. The van der Waals surface area contributed by atoms with Crippen LogP contribution in [0.25, 0.3) is 0 Å². The topological polar surface area (TPSA) is 0 Å². The monoisotopic (exact) mass is 236 g/mol. The molecule has 0 spiro atoms. The summed E-state index contributed by atoms with van der Waals surface area (Å²) in [5.74, 6) is 1.44. The highest BCUT2D eigenvalue weighted by molar-refractivity contribution is 8.00. The largest absolute Gasteiger partial charge is 0.120 e. The minimum absolute atomic E-state index is 0.294. The van der Waals surface area contributed by atoms with Crippen LogP contribution in [0.4, 0.5) is 0 Å². The number of hydrogen-bond donors (Lipinski definition) is 0. The van der Waals surface area contributed by atoms with Crippen LogP contribution in [-0.4, -0.2) is 4.75 Å². The third kappa shape index (κ3) is 3.55. The van der Waals surface area contributed by atoms with E-state index in [1.165, 1.54) is 10.5 Å². The Balaban J connectivity index is 2.80. The maximum atomic E-state index is 2.35. The lowest BCUT2D eigenvalue weighted by Gasteiger charge is -2.34. The zero-order valence-electron chi connectivity index (χ0n) is 11.4. The van der Waals surface area contributed by atoms with E-state index in [0.717, 1.165) is 5.92 Å². The zero-order valence-corrected chi connectivity index (χ0v) is 12.2. The van der Waals surface area contributed by atoms with E-state index in [1.54, 1.807) is 0 Å². The molecule has 1 aromatic rings. The summed E-state index contributed by atoms with van der Waals surface area (Å²) in [6.07, 6.45) is 0. The van der Waals surface area contributed by atoms with Gasteiger partial charge in [0.1, 0.15) is 0 Å². The molecule has 16 heavy (non-hydrogen) atoms. The van der Waals surface area contributed by atoms with Gasteiger partial charge in [-0.2, -0.15) is 0 Å². The Kier molecular flexibility index (Phi) is 4.49. The van der Waals surface area contributed by atoms with Crippen LogP contribution in [0.5, 0.6) is 0 Å². The molecular weight excluding hydrogens is 212 g/mol. The summed E-state index contributed by atoms with van der Waals surface area (Å²) < 4.78 is 0.294. The first kappa shape index (κ1) is 13.6. The Morgan fingerprint density at radius 3 is 2.25 bits per heavy atom. The predicted octanol–water partition coefficient (Wildman–Crippen LogP) is 5.16. The molecule has 1 atom stereocenters. The van der Waals surface area contributed by atoms with Gasteiger partial charge in [-0.3, -0.25) is 0 Å². The average molecular weight is 236 g/mol. The maximum absolute atomic E-state index is 2.35. The van der Waals surface area contributed by atoms with E-state index < -0.39 is 0 Å². The summed E-state index contributed by atoms with van der Waals surface area (Å²) in [5.41, 5.74) is 1.35. The SMILES string of the molecule is Cc1cccc(SC(C)(C)C(C)C(C)C)c1. The highest BCUT2D eigenvalue weighted by Crippen LogP contribution is 2.41. The van der Waals surface area contributed by atoms with Gasteiger partial charge in [-0.05, 0) is 30.9 Å². The lowest BCUT2D eigenvalue weighted by atomic mass is 9.87. The fourth-order valence-corrected chi connectivity index (χ4v) is 3.34. The molecule has 0 fully saturated rings. The van der Waals surface area contributed by atoms with Crippen molar-refractivity contribution in [1.29, 1.82) is 0 Å². The molecule has 1 rings (SSSR count). The average Bonchev–Trinajstić information content (AvgIpc) is 2.15. The van der Waals surface area contributed by atoms with E-state index in [4.69, 9.17) is 0 Å². The zero-order chi connectivity index (χ0) is 12.3. The summed E-state index contributed by atoms with van der Waals surface area (Å²) in [5, 5.41) is 0. The fourth-order valence-electron chi connectivity index (χ4n) is 1.88. The predicted molar refractivity (Wildman–Crippen MR) is 75.1 cm³/mol. The van der Waals surface area contributed by atoms with Gasteiger partial charge >= 0.3 is 0 Å². The molecule has 0 aromatic heterocycles.